The Morgan fingerprint density at radius 1 is 1.27 bits per heavy atom. The summed E-state index contributed by atoms with van der Waals surface area (Å²) < 4.78 is 10.5. The van der Waals surface area contributed by atoms with Crippen molar-refractivity contribution in [3.05, 3.63) is 30.2 Å². The minimum atomic E-state index is 0. The lowest BCUT2D eigenvalue weighted by atomic mass is 10.1. The Kier molecular flexibility index (Phi) is 5.76. The molecule has 1 aliphatic rings. The maximum absolute atomic E-state index is 5.91. The van der Waals surface area contributed by atoms with Crippen molar-refractivity contribution >= 4 is 12.4 Å². The number of aromatic nitrogens is 2. The SMILES string of the molecule is COc1ccc(-c2noc(CN3CCC(N)CC3)n2)cc1.Cl. The van der Waals surface area contributed by atoms with Gasteiger partial charge in [-0.3, -0.25) is 4.90 Å². The Labute approximate surface area is 136 Å². The maximum atomic E-state index is 5.91. The van der Waals surface area contributed by atoms with E-state index in [1.807, 2.05) is 24.3 Å². The molecule has 6 nitrogen and oxygen atoms in total. The Morgan fingerprint density at radius 2 is 1.95 bits per heavy atom. The normalized spacial score (nSPS) is 16.3. The average molecular weight is 325 g/mol. The second-order valence-corrected chi connectivity index (χ2v) is 5.35. The Hall–Kier alpha value is -1.63. The van der Waals surface area contributed by atoms with Crippen LogP contribution in [0.25, 0.3) is 11.4 Å². The number of halogens is 1. The lowest BCUT2D eigenvalue weighted by Gasteiger charge is -2.28. The molecule has 0 bridgehead atoms. The summed E-state index contributed by atoms with van der Waals surface area (Å²) in [7, 11) is 1.64. The molecule has 2 N–H and O–H groups in total. The van der Waals surface area contributed by atoms with E-state index in [1.165, 1.54) is 0 Å². The lowest BCUT2D eigenvalue weighted by Crippen LogP contribution is -2.39. The molecule has 1 saturated heterocycles. The number of hydrogen-bond donors (Lipinski definition) is 1. The fourth-order valence-electron chi connectivity index (χ4n) is 2.48. The molecule has 0 aliphatic carbocycles. The molecule has 7 heteroatoms. The largest absolute Gasteiger partial charge is 0.497 e. The Morgan fingerprint density at radius 3 is 2.59 bits per heavy atom. The smallest absolute Gasteiger partial charge is 0.241 e. The van der Waals surface area contributed by atoms with E-state index in [0.29, 0.717) is 24.3 Å². The predicted molar refractivity (Wildman–Crippen MR) is 86.0 cm³/mol. The zero-order valence-corrected chi connectivity index (χ0v) is 13.4. The van der Waals surface area contributed by atoms with Crippen LogP contribution in [0.3, 0.4) is 0 Å². The minimum absolute atomic E-state index is 0. The van der Waals surface area contributed by atoms with Gasteiger partial charge in [-0.1, -0.05) is 5.16 Å². The highest BCUT2D eigenvalue weighted by Crippen LogP contribution is 2.20. The van der Waals surface area contributed by atoms with Crippen molar-refractivity contribution in [3.8, 4) is 17.1 Å². The van der Waals surface area contributed by atoms with Crippen LogP contribution in [0.15, 0.2) is 28.8 Å². The molecular formula is C15H21ClN4O2. The van der Waals surface area contributed by atoms with E-state index < -0.39 is 0 Å². The first-order valence-corrected chi connectivity index (χ1v) is 7.19. The zero-order valence-electron chi connectivity index (χ0n) is 12.6. The van der Waals surface area contributed by atoms with Crippen LogP contribution < -0.4 is 10.5 Å². The third-order valence-electron chi connectivity index (χ3n) is 3.81. The van der Waals surface area contributed by atoms with Crippen molar-refractivity contribution in [2.45, 2.75) is 25.4 Å². The van der Waals surface area contributed by atoms with Gasteiger partial charge in [0.2, 0.25) is 11.7 Å². The fraction of sp³-hybridized carbons (Fsp3) is 0.467. The van der Waals surface area contributed by atoms with Crippen molar-refractivity contribution < 1.29 is 9.26 Å². The summed E-state index contributed by atoms with van der Waals surface area (Å²) >= 11 is 0. The molecule has 0 unspecified atom stereocenters. The first kappa shape index (κ1) is 16.7. The van der Waals surface area contributed by atoms with Crippen LogP contribution in [0.1, 0.15) is 18.7 Å². The third kappa shape index (κ3) is 3.97. The maximum Gasteiger partial charge on any atom is 0.241 e. The van der Waals surface area contributed by atoms with Gasteiger partial charge in [0.05, 0.1) is 13.7 Å². The standard InChI is InChI=1S/C15H20N4O2.ClH/c1-20-13-4-2-11(3-5-13)15-17-14(21-18-15)10-19-8-6-12(16)7-9-19;/h2-5,12H,6-10,16H2,1H3;1H. The minimum Gasteiger partial charge on any atom is -0.497 e. The summed E-state index contributed by atoms with van der Waals surface area (Å²) in [6, 6.07) is 7.95. The van der Waals surface area contributed by atoms with Crippen LogP contribution >= 0.6 is 12.4 Å². The molecule has 0 atom stereocenters. The van der Waals surface area contributed by atoms with Gasteiger partial charge in [-0.15, -0.1) is 12.4 Å². The molecule has 1 fully saturated rings. The summed E-state index contributed by atoms with van der Waals surface area (Å²) in [5.74, 6) is 2.07. The molecule has 0 saturated carbocycles. The number of likely N-dealkylation sites (tertiary alicyclic amines) is 1. The third-order valence-corrected chi connectivity index (χ3v) is 3.81. The van der Waals surface area contributed by atoms with Gasteiger partial charge >= 0.3 is 0 Å². The number of benzene rings is 1. The molecule has 0 spiro atoms. The predicted octanol–water partition coefficient (Wildman–Crippen LogP) is 2.09. The van der Waals surface area contributed by atoms with Crippen molar-refractivity contribution in [1.29, 1.82) is 0 Å². The number of methoxy groups -OCH3 is 1. The molecule has 1 aromatic carbocycles. The summed E-state index contributed by atoms with van der Waals surface area (Å²) in [6.45, 7) is 2.67. The zero-order chi connectivity index (χ0) is 14.7. The fourth-order valence-corrected chi connectivity index (χ4v) is 2.48. The average Bonchev–Trinajstić information content (AvgIpc) is 2.98. The van der Waals surface area contributed by atoms with E-state index in [0.717, 1.165) is 37.2 Å². The summed E-state index contributed by atoms with van der Waals surface area (Å²) in [4.78, 5) is 6.76. The number of piperidine rings is 1. The number of nitrogens with two attached hydrogens (primary N) is 1. The molecule has 120 valence electrons. The monoisotopic (exact) mass is 324 g/mol. The van der Waals surface area contributed by atoms with E-state index in [4.69, 9.17) is 15.0 Å². The van der Waals surface area contributed by atoms with Crippen molar-refractivity contribution in [3.63, 3.8) is 0 Å². The van der Waals surface area contributed by atoms with Gasteiger partial charge in [0, 0.05) is 24.7 Å². The summed E-state index contributed by atoms with van der Waals surface area (Å²) in [5, 5.41) is 4.04. The second-order valence-electron chi connectivity index (χ2n) is 5.35. The highest BCUT2D eigenvalue weighted by Gasteiger charge is 2.18. The lowest BCUT2D eigenvalue weighted by molar-refractivity contribution is 0.182. The first-order chi connectivity index (χ1) is 10.2. The van der Waals surface area contributed by atoms with Crippen LogP contribution in [-0.4, -0.2) is 41.3 Å². The van der Waals surface area contributed by atoms with Gasteiger partial charge in [0.25, 0.3) is 0 Å². The quantitative estimate of drug-likeness (QED) is 0.928. The van der Waals surface area contributed by atoms with Crippen molar-refractivity contribution in [2.75, 3.05) is 20.2 Å². The van der Waals surface area contributed by atoms with Gasteiger partial charge < -0.3 is 15.0 Å². The first-order valence-electron chi connectivity index (χ1n) is 7.19. The van der Waals surface area contributed by atoms with E-state index in [1.54, 1.807) is 7.11 Å². The van der Waals surface area contributed by atoms with Crippen LogP contribution in [0.4, 0.5) is 0 Å². The number of ether oxygens (including phenoxy) is 1. The van der Waals surface area contributed by atoms with Gasteiger partial charge in [-0.05, 0) is 37.1 Å². The highest BCUT2D eigenvalue weighted by atomic mass is 35.5. The second kappa shape index (κ2) is 7.58. The topological polar surface area (TPSA) is 77.4 Å². The van der Waals surface area contributed by atoms with E-state index in [-0.39, 0.29) is 12.4 Å². The van der Waals surface area contributed by atoms with Gasteiger partial charge in [-0.2, -0.15) is 4.98 Å². The highest BCUT2D eigenvalue weighted by molar-refractivity contribution is 5.85. The molecule has 2 heterocycles. The van der Waals surface area contributed by atoms with E-state index in [2.05, 4.69) is 15.0 Å². The van der Waals surface area contributed by atoms with Gasteiger partial charge in [0.1, 0.15) is 5.75 Å². The molecule has 0 amide bonds. The van der Waals surface area contributed by atoms with Gasteiger partial charge in [0.15, 0.2) is 0 Å². The molecular weight excluding hydrogens is 304 g/mol. The van der Waals surface area contributed by atoms with Crippen LogP contribution in [0.2, 0.25) is 0 Å². The molecule has 1 aromatic heterocycles. The van der Waals surface area contributed by atoms with Crippen molar-refractivity contribution in [1.82, 2.24) is 15.0 Å². The summed E-state index contributed by atoms with van der Waals surface area (Å²) in [5.41, 5.74) is 6.83. The van der Waals surface area contributed by atoms with Gasteiger partial charge in [-0.25, -0.2) is 0 Å². The van der Waals surface area contributed by atoms with Crippen molar-refractivity contribution in [2.24, 2.45) is 5.73 Å². The number of rotatable bonds is 4. The number of nitrogens with zero attached hydrogens (tertiary/aromatic N) is 3. The van der Waals surface area contributed by atoms with Crippen LogP contribution in [0, 0.1) is 0 Å². The summed E-state index contributed by atoms with van der Waals surface area (Å²) in [6.07, 6.45) is 2.05. The Balaban J connectivity index is 0.00000176. The van der Waals surface area contributed by atoms with E-state index in [9.17, 15) is 0 Å². The Bertz CT molecular complexity index is 579. The molecule has 1 aliphatic heterocycles. The van der Waals surface area contributed by atoms with Crippen LogP contribution in [0.5, 0.6) is 5.75 Å². The molecule has 22 heavy (non-hydrogen) atoms. The molecule has 0 radical (unpaired) electrons. The van der Waals surface area contributed by atoms with Crippen LogP contribution in [-0.2, 0) is 6.54 Å². The molecule has 3 rings (SSSR count). The molecule has 2 aromatic rings. The van der Waals surface area contributed by atoms with E-state index >= 15 is 0 Å². The number of hydrogen-bond acceptors (Lipinski definition) is 6.